The quantitative estimate of drug-likeness (QED) is 0.112. The van der Waals surface area contributed by atoms with Gasteiger partial charge in [0.15, 0.2) is 0 Å². The van der Waals surface area contributed by atoms with Gasteiger partial charge >= 0.3 is 6.18 Å². The second-order valence-electron chi connectivity index (χ2n) is 8.34. The van der Waals surface area contributed by atoms with Crippen molar-refractivity contribution in [2.45, 2.75) is 32.0 Å². The van der Waals surface area contributed by atoms with Crippen LogP contribution in [0.5, 0.6) is 0 Å². The van der Waals surface area contributed by atoms with Crippen molar-refractivity contribution in [3.8, 4) is 11.1 Å². The van der Waals surface area contributed by atoms with Crippen LogP contribution in [0, 0.1) is 11.6 Å². The molecule has 3 aromatic carbocycles. The lowest BCUT2D eigenvalue weighted by Gasteiger charge is -2.11. The summed E-state index contributed by atoms with van der Waals surface area (Å²) in [6.07, 6.45) is -3.55. The van der Waals surface area contributed by atoms with Crippen molar-refractivity contribution < 1.29 is 26.8 Å². The van der Waals surface area contributed by atoms with Gasteiger partial charge in [-0.2, -0.15) is 13.2 Å². The largest absolute Gasteiger partial charge is 0.451 e. The van der Waals surface area contributed by atoms with Gasteiger partial charge in [0.25, 0.3) is 0 Å². The van der Waals surface area contributed by atoms with Crippen LogP contribution in [0.25, 0.3) is 11.1 Å². The third-order valence-corrected chi connectivity index (χ3v) is 6.39. The fourth-order valence-electron chi connectivity index (χ4n) is 3.96. The number of hydrogen-bond acceptors (Lipinski definition) is 3. The first-order chi connectivity index (χ1) is 17.0. The van der Waals surface area contributed by atoms with Crippen molar-refractivity contribution in [1.29, 1.82) is 0 Å². The van der Waals surface area contributed by atoms with Gasteiger partial charge in [0.05, 0.1) is 11.8 Å². The van der Waals surface area contributed by atoms with Crippen LogP contribution in [0.3, 0.4) is 0 Å². The lowest BCUT2D eigenvalue weighted by Crippen LogP contribution is -2.12. The van der Waals surface area contributed by atoms with E-state index in [9.17, 15) is 17.6 Å². The predicted molar refractivity (Wildman–Crippen MR) is 135 cm³/mol. The summed E-state index contributed by atoms with van der Waals surface area (Å²) in [6, 6.07) is 16.0. The smallest absolute Gasteiger partial charge is 0.352 e. The Morgan fingerprint density at radius 2 is 1.72 bits per heavy atom. The molecule has 0 radical (unpaired) electrons. The number of allylic oxidation sites excluding steroid dienone is 1. The van der Waals surface area contributed by atoms with E-state index in [0.717, 1.165) is 0 Å². The number of nitrogens with zero attached hydrogens (tertiary/aromatic N) is 2. The van der Waals surface area contributed by atoms with E-state index in [-0.39, 0.29) is 11.5 Å². The minimum atomic E-state index is -4.69. The molecule has 1 aliphatic rings. The lowest BCUT2D eigenvalue weighted by molar-refractivity contribution is -0.130. The predicted octanol–water partition coefficient (Wildman–Crippen LogP) is 7.27. The van der Waals surface area contributed by atoms with Crippen molar-refractivity contribution in [3.63, 3.8) is 0 Å². The standard InChI is InChI=1S/C27H22F5N2OP/c1-15(34-35-16(2)27(30,31)32)17-6-8-18(9-7-17)19-10-11-20(22(29)14-19)23-12-13-24(33-23)26-21(28)4-3-5-25(26)36/h3-11,14,23H,2,12-13,36H2,1H3/b34-15+. The van der Waals surface area contributed by atoms with Gasteiger partial charge in [-0.05, 0) is 60.5 Å². The number of benzene rings is 3. The van der Waals surface area contributed by atoms with E-state index in [4.69, 9.17) is 0 Å². The Morgan fingerprint density at radius 3 is 2.36 bits per heavy atom. The highest BCUT2D eigenvalue weighted by atomic mass is 31.0. The summed E-state index contributed by atoms with van der Waals surface area (Å²) in [7, 11) is 2.51. The van der Waals surface area contributed by atoms with Crippen LogP contribution in [0.2, 0.25) is 0 Å². The molecular weight excluding hydrogens is 494 g/mol. The number of alkyl halides is 3. The molecule has 0 amide bonds. The Morgan fingerprint density at radius 1 is 1.03 bits per heavy atom. The minimum Gasteiger partial charge on any atom is -0.352 e. The molecule has 4 rings (SSSR count). The molecule has 186 valence electrons. The fourth-order valence-corrected chi connectivity index (χ4v) is 4.37. The number of hydrogen-bond donors (Lipinski definition) is 0. The average Bonchev–Trinajstić information content (AvgIpc) is 3.31. The molecule has 9 heteroatoms. The van der Waals surface area contributed by atoms with Gasteiger partial charge in [-0.15, -0.1) is 9.24 Å². The Labute approximate surface area is 207 Å². The van der Waals surface area contributed by atoms with E-state index in [1.165, 1.54) is 19.1 Å². The highest BCUT2D eigenvalue weighted by molar-refractivity contribution is 7.27. The van der Waals surface area contributed by atoms with E-state index >= 15 is 4.39 Å². The Hall–Kier alpha value is -3.38. The third kappa shape index (κ3) is 5.54. The maximum absolute atomic E-state index is 15.1. The number of aliphatic imine (C=N–C) groups is 1. The summed E-state index contributed by atoms with van der Waals surface area (Å²) in [4.78, 5) is 8.96. The molecule has 0 saturated heterocycles. The molecule has 0 aliphatic carbocycles. The van der Waals surface area contributed by atoms with Crippen LogP contribution < -0.4 is 5.30 Å². The van der Waals surface area contributed by atoms with Crippen molar-refractivity contribution in [3.05, 3.63) is 101 Å². The molecule has 0 fully saturated rings. The Bertz CT molecular complexity index is 1340. The fraction of sp³-hybridized carbons (Fsp3) is 0.185. The minimum absolute atomic E-state index is 0.229. The molecule has 3 nitrogen and oxygen atoms in total. The summed E-state index contributed by atoms with van der Waals surface area (Å²) in [5.74, 6) is -2.17. The maximum atomic E-state index is 15.1. The monoisotopic (exact) mass is 516 g/mol. The van der Waals surface area contributed by atoms with Crippen molar-refractivity contribution in [2.24, 2.45) is 10.1 Å². The van der Waals surface area contributed by atoms with E-state index in [0.29, 0.717) is 51.7 Å². The normalized spacial score (nSPS) is 16.1. The molecule has 2 atom stereocenters. The van der Waals surface area contributed by atoms with Gasteiger partial charge in [0.1, 0.15) is 11.6 Å². The number of halogens is 5. The molecule has 1 aliphatic heterocycles. The molecule has 0 saturated carbocycles. The van der Waals surface area contributed by atoms with Crippen LogP contribution in [-0.4, -0.2) is 17.6 Å². The van der Waals surface area contributed by atoms with Gasteiger partial charge in [-0.3, -0.25) is 4.99 Å². The first-order valence-electron chi connectivity index (χ1n) is 11.0. The highest BCUT2D eigenvalue weighted by Crippen LogP contribution is 2.34. The average molecular weight is 516 g/mol. The zero-order valence-electron chi connectivity index (χ0n) is 19.2. The lowest BCUT2D eigenvalue weighted by atomic mass is 9.97. The van der Waals surface area contributed by atoms with Gasteiger partial charge in [0, 0.05) is 16.8 Å². The van der Waals surface area contributed by atoms with Crippen LogP contribution in [0.15, 0.2) is 83.1 Å². The maximum Gasteiger partial charge on any atom is 0.451 e. The zero-order chi connectivity index (χ0) is 26.0. The third-order valence-electron chi connectivity index (χ3n) is 5.91. The molecule has 0 spiro atoms. The number of oxime groups is 1. The summed E-state index contributed by atoms with van der Waals surface area (Å²) >= 11 is 0. The Balaban J connectivity index is 1.51. The van der Waals surface area contributed by atoms with E-state index < -0.39 is 23.8 Å². The van der Waals surface area contributed by atoms with Crippen LogP contribution >= 0.6 is 9.24 Å². The van der Waals surface area contributed by atoms with Crippen molar-refractivity contribution in [1.82, 2.24) is 0 Å². The topological polar surface area (TPSA) is 34.0 Å². The second-order valence-corrected chi connectivity index (χ2v) is 8.96. The molecule has 3 aromatic rings. The van der Waals surface area contributed by atoms with Crippen LogP contribution in [-0.2, 0) is 4.84 Å². The van der Waals surface area contributed by atoms with Gasteiger partial charge < -0.3 is 4.84 Å². The van der Waals surface area contributed by atoms with Crippen LogP contribution in [0.4, 0.5) is 22.0 Å². The SMILES string of the molecule is C=C(O/N=C(\C)c1ccc(-c2ccc(C3CCC(c4c(F)cccc4P)=N3)c(F)c2)cc1)C(F)(F)F. The molecule has 1 heterocycles. The van der Waals surface area contributed by atoms with E-state index in [1.807, 2.05) is 0 Å². The van der Waals surface area contributed by atoms with Crippen LogP contribution in [0.1, 0.15) is 42.5 Å². The summed E-state index contributed by atoms with van der Waals surface area (Å²) in [5.41, 5.74) is 3.63. The van der Waals surface area contributed by atoms with Gasteiger partial charge in [-0.1, -0.05) is 53.7 Å². The molecule has 0 aromatic heterocycles. The molecule has 0 N–H and O–H groups in total. The first kappa shape index (κ1) is 25.7. The second kappa shape index (κ2) is 10.3. The first-order valence-corrected chi connectivity index (χ1v) is 11.6. The molecular formula is C27H22F5N2OP. The van der Waals surface area contributed by atoms with Gasteiger partial charge in [-0.25, -0.2) is 8.78 Å². The number of rotatable bonds is 6. The zero-order valence-corrected chi connectivity index (χ0v) is 20.4. The van der Waals surface area contributed by atoms with Gasteiger partial charge in [0.2, 0.25) is 5.76 Å². The van der Waals surface area contributed by atoms with Crippen molar-refractivity contribution >= 4 is 26.0 Å². The van der Waals surface area contributed by atoms with Crippen molar-refractivity contribution in [2.75, 3.05) is 0 Å². The Kier molecular flexibility index (Phi) is 7.36. The molecule has 36 heavy (non-hydrogen) atoms. The highest BCUT2D eigenvalue weighted by Gasteiger charge is 2.35. The summed E-state index contributed by atoms with van der Waals surface area (Å²) < 4.78 is 66.8. The van der Waals surface area contributed by atoms with E-state index in [1.54, 1.807) is 48.5 Å². The van der Waals surface area contributed by atoms with E-state index in [2.05, 4.69) is 30.8 Å². The molecule has 2 unspecified atom stereocenters. The summed E-state index contributed by atoms with van der Waals surface area (Å²) in [5, 5.41) is 4.19. The molecule has 0 bridgehead atoms. The summed E-state index contributed by atoms with van der Waals surface area (Å²) in [6.45, 7) is 4.31.